The van der Waals surface area contributed by atoms with E-state index in [1.807, 2.05) is 0 Å². The predicted molar refractivity (Wildman–Crippen MR) is 71.5 cm³/mol. The van der Waals surface area contributed by atoms with E-state index in [0.29, 0.717) is 5.56 Å². The number of benzene rings is 1. The van der Waals surface area contributed by atoms with E-state index in [0.717, 1.165) is 0 Å². The van der Waals surface area contributed by atoms with E-state index in [2.05, 4.69) is 6.58 Å². The Morgan fingerprint density at radius 1 is 1.25 bits per heavy atom. The van der Waals surface area contributed by atoms with Gasteiger partial charge in [0.25, 0.3) is 0 Å². The van der Waals surface area contributed by atoms with E-state index in [1.165, 1.54) is 25.1 Å². The van der Waals surface area contributed by atoms with E-state index >= 15 is 0 Å². The van der Waals surface area contributed by atoms with Crippen molar-refractivity contribution >= 4 is 11.9 Å². The van der Waals surface area contributed by atoms with Gasteiger partial charge in [-0.1, -0.05) is 12.6 Å². The zero-order valence-electron chi connectivity index (χ0n) is 10.9. The summed E-state index contributed by atoms with van der Waals surface area (Å²) in [4.78, 5) is 20.0. The summed E-state index contributed by atoms with van der Waals surface area (Å²) in [5.74, 6) is -2.55. The Balaban J connectivity index is 0.000000511. The fraction of sp³-hybridized carbons (Fsp3) is 0.231. The number of phenolic OH excluding ortho intramolecular Hbond substituents is 2. The van der Waals surface area contributed by atoms with E-state index in [4.69, 9.17) is 26.2 Å². The molecule has 1 rings (SSSR count). The van der Waals surface area contributed by atoms with Crippen molar-refractivity contribution in [2.75, 3.05) is 0 Å². The Morgan fingerprint density at radius 3 is 2.10 bits per heavy atom. The molecule has 0 saturated carbocycles. The molecule has 0 aromatic heterocycles. The van der Waals surface area contributed by atoms with Crippen LogP contribution in [0.15, 0.2) is 30.4 Å². The second-order valence-corrected chi connectivity index (χ2v) is 4.06. The van der Waals surface area contributed by atoms with E-state index < -0.39 is 18.0 Å². The van der Waals surface area contributed by atoms with Crippen LogP contribution in [0.4, 0.5) is 0 Å². The highest BCUT2D eigenvalue weighted by Gasteiger charge is 2.12. The van der Waals surface area contributed by atoms with Crippen molar-refractivity contribution in [1.29, 1.82) is 0 Å². The predicted octanol–water partition coefficient (Wildman–Crippen LogP) is 0.699. The molecule has 7 nitrogen and oxygen atoms in total. The van der Waals surface area contributed by atoms with Gasteiger partial charge in [0, 0.05) is 5.57 Å². The average molecular weight is 283 g/mol. The molecule has 0 amide bonds. The quantitative estimate of drug-likeness (QED) is 0.404. The van der Waals surface area contributed by atoms with E-state index in [9.17, 15) is 9.59 Å². The topological polar surface area (TPSA) is 141 Å². The van der Waals surface area contributed by atoms with Gasteiger partial charge < -0.3 is 26.2 Å². The number of hydrogen-bond donors (Lipinski definition) is 5. The first kappa shape index (κ1) is 17.5. The molecule has 6 N–H and O–H groups in total. The molecular weight excluding hydrogens is 266 g/mol. The van der Waals surface area contributed by atoms with E-state index in [1.54, 1.807) is 0 Å². The fourth-order valence-electron chi connectivity index (χ4n) is 1.04. The summed E-state index contributed by atoms with van der Waals surface area (Å²) >= 11 is 0. The minimum absolute atomic E-state index is 0.114. The third kappa shape index (κ3) is 6.41. The highest BCUT2D eigenvalue weighted by atomic mass is 16.4. The highest BCUT2D eigenvalue weighted by molar-refractivity contribution is 5.84. The summed E-state index contributed by atoms with van der Waals surface area (Å²) in [7, 11) is 0. The second-order valence-electron chi connectivity index (χ2n) is 4.06. The van der Waals surface area contributed by atoms with Gasteiger partial charge in [0.15, 0.2) is 11.5 Å². The minimum Gasteiger partial charge on any atom is -0.504 e. The van der Waals surface area contributed by atoms with Crippen molar-refractivity contribution in [2.24, 2.45) is 5.73 Å². The summed E-state index contributed by atoms with van der Waals surface area (Å²) in [5.41, 5.74) is 6.03. The molecule has 0 fully saturated rings. The maximum atomic E-state index is 10.4. The van der Waals surface area contributed by atoms with Crippen molar-refractivity contribution < 1.29 is 30.0 Å². The number of aromatic hydroxyl groups is 2. The Bertz CT molecular complexity index is 500. The number of phenols is 2. The van der Waals surface area contributed by atoms with Gasteiger partial charge in [-0.05, 0) is 31.0 Å². The van der Waals surface area contributed by atoms with Crippen LogP contribution in [-0.4, -0.2) is 38.4 Å². The van der Waals surface area contributed by atoms with Crippen LogP contribution >= 0.6 is 0 Å². The van der Waals surface area contributed by atoms with Crippen molar-refractivity contribution in [3.63, 3.8) is 0 Å². The molecule has 0 aliphatic carbocycles. The Kier molecular flexibility index (Phi) is 6.81. The van der Waals surface area contributed by atoms with Gasteiger partial charge in [-0.2, -0.15) is 0 Å². The van der Waals surface area contributed by atoms with Crippen LogP contribution in [0.5, 0.6) is 11.5 Å². The van der Waals surface area contributed by atoms with Gasteiger partial charge in [-0.15, -0.1) is 0 Å². The Hall–Kier alpha value is -2.54. The van der Waals surface area contributed by atoms with Crippen LogP contribution in [0.1, 0.15) is 12.5 Å². The number of carboxylic acid groups (broad SMARTS) is 2. The lowest BCUT2D eigenvalue weighted by molar-refractivity contribution is -0.138. The van der Waals surface area contributed by atoms with Crippen LogP contribution in [-0.2, 0) is 16.0 Å². The third-order valence-corrected chi connectivity index (χ3v) is 2.18. The van der Waals surface area contributed by atoms with Crippen LogP contribution in [0.25, 0.3) is 0 Å². The summed E-state index contributed by atoms with van der Waals surface area (Å²) in [6.45, 7) is 4.60. The normalized spacial score (nSPS) is 10.9. The number of carbonyl (C=O) groups is 2. The van der Waals surface area contributed by atoms with E-state index in [-0.39, 0.29) is 23.5 Å². The monoisotopic (exact) mass is 283 g/mol. The Morgan fingerprint density at radius 2 is 1.75 bits per heavy atom. The smallest absolute Gasteiger partial charge is 0.330 e. The molecule has 0 spiro atoms. The molecule has 1 atom stereocenters. The standard InChI is InChI=1S/C9H11NO4.C4H6O2/c10-6(9(13)14)3-5-1-2-7(11)8(12)4-5;1-3(2)4(5)6/h1-2,4,6,11-12H,3,10H2,(H,13,14);1H2,2H3,(H,5,6)/t6-;/m0./s1. The molecule has 1 aromatic carbocycles. The van der Waals surface area contributed by atoms with Gasteiger partial charge in [0.05, 0.1) is 0 Å². The van der Waals surface area contributed by atoms with Crippen molar-refractivity contribution in [1.82, 2.24) is 0 Å². The third-order valence-electron chi connectivity index (χ3n) is 2.18. The molecule has 0 saturated heterocycles. The summed E-state index contributed by atoms with van der Waals surface area (Å²) < 4.78 is 0. The minimum atomic E-state index is -1.10. The molecule has 0 aliphatic rings. The first-order chi connectivity index (χ1) is 9.15. The van der Waals surface area contributed by atoms with Gasteiger partial charge >= 0.3 is 11.9 Å². The maximum Gasteiger partial charge on any atom is 0.330 e. The van der Waals surface area contributed by atoms with Crippen LogP contribution in [0.2, 0.25) is 0 Å². The van der Waals surface area contributed by atoms with Gasteiger partial charge in [0.2, 0.25) is 0 Å². The molecule has 0 heterocycles. The number of nitrogens with two attached hydrogens (primary N) is 1. The lowest BCUT2D eigenvalue weighted by Gasteiger charge is -2.06. The average Bonchev–Trinajstić information content (AvgIpc) is 2.34. The molecule has 1 aromatic rings. The van der Waals surface area contributed by atoms with Crippen molar-refractivity contribution in [2.45, 2.75) is 19.4 Å². The molecule has 0 bridgehead atoms. The Labute approximate surface area is 115 Å². The highest BCUT2D eigenvalue weighted by Crippen LogP contribution is 2.25. The zero-order chi connectivity index (χ0) is 15.9. The molecule has 0 aliphatic heterocycles. The first-order valence-electron chi connectivity index (χ1n) is 5.53. The lowest BCUT2D eigenvalue weighted by Crippen LogP contribution is -2.32. The van der Waals surface area contributed by atoms with Crippen molar-refractivity contribution in [3.05, 3.63) is 35.9 Å². The molecule has 110 valence electrons. The summed E-state index contributed by atoms with van der Waals surface area (Å²) in [6, 6.07) is 3.09. The van der Waals surface area contributed by atoms with Crippen molar-refractivity contribution in [3.8, 4) is 11.5 Å². The maximum absolute atomic E-state index is 10.4. The summed E-state index contributed by atoms with van der Waals surface area (Å²) in [6.07, 6.45) is 0.114. The van der Waals surface area contributed by atoms with Gasteiger partial charge in [-0.3, -0.25) is 4.79 Å². The molecule has 0 unspecified atom stereocenters. The number of hydrogen-bond acceptors (Lipinski definition) is 5. The van der Waals surface area contributed by atoms with Crippen LogP contribution < -0.4 is 5.73 Å². The summed E-state index contributed by atoms with van der Waals surface area (Å²) in [5, 5.41) is 34.5. The lowest BCUT2D eigenvalue weighted by atomic mass is 10.1. The number of aliphatic carboxylic acids is 2. The molecular formula is C13H17NO6. The fourth-order valence-corrected chi connectivity index (χ4v) is 1.04. The second kappa shape index (κ2) is 7.80. The van der Waals surface area contributed by atoms with Gasteiger partial charge in [-0.25, -0.2) is 4.79 Å². The molecule has 20 heavy (non-hydrogen) atoms. The molecule has 0 radical (unpaired) electrons. The largest absolute Gasteiger partial charge is 0.504 e. The molecule has 7 heteroatoms. The van der Waals surface area contributed by atoms with Crippen LogP contribution in [0, 0.1) is 0 Å². The SMILES string of the molecule is C=C(C)C(=O)O.N[C@@H](Cc1ccc(O)c(O)c1)C(=O)O. The first-order valence-corrected chi connectivity index (χ1v) is 5.53. The number of rotatable bonds is 4. The number of carboxylic acids is 2. The van der Waals surface area contributed by atoms with Gasteiger partial charge in [0.1, 0.15) is 6.04 Å². The van der Waals surface area contributed by atoms with Crippen LogP contribution in [0.3, 0.4) is 0 Å². The zero-order valence-corrected chi connectivity index (χ0v) is 10.9.